The number of nitrogens with one attached hydrogen (secondary N) is 2. The number of benzene rings is 2. The summed E-state index contributed by atoms with van der Waals surface area (Å²) in [6.45, 7) is 8.74. The third-order valence-corrected chi connectivity index (χ3v) is 6.55. The molecule has 2 aromatic carbocycles. The van der Waals surface area contributed by atoms with E-state index in [9.17, 15) is 9.59 Å². The maximum atomic E-state index is 12.9. The lowest BCUT2D eigenvalue weighted by atomic mass is 10.0. The molecule has 180 valence electrons. The molecule has 0 saturated carbocycles. The highest BCUT2D eigenvalue weighted by molar-refractivity contribution is 7.99. The second-order valence-electron chi connectivity index (χ2n) is 8.37. The molecule has 0 spiro atoms. The molecule has 2 amide bonds. The maximum Gasteiger partial charge on any atom is 0.253 e. The largest absolute Gasteiger partial charge is 0.342 e. The van der Waals surface area contributed by atoms with Gasteiger partial charge in [0, 0.05) is 12.2 Å². The van der Waals surface area contributed by atoms with Crippen molar-refractivity contribution in [2.45, 2.75) is 51.9 Å². The van der Waals surface area contributed by atoms with Gasteiger partial charge in [-0.1, -0.05) is 67.5 Å². The number of amides is 2. The normalized spacial score (nSPS) is 11.9. The van der Waals surface area contributed by atoms with Gasteiger partial charge in [0.15, 0.2) is 11.0 Å². The number of aryl methyl sites for hydroxylation is 1. The highest BCUT2D eigenvalue weighted by atomic mass is 35.5. The van der Waals surface area contributed by atoms with Gasteiger partial charge in [0.05, 0.1) is 22.4 Å². The first-order valence-corrected chi connectivity index (χ1v) is 12.6. The predicted octanol–water partition coefficient (Wildman–Crippen LogP) is 5.51. The van der Waals surface area contributed by atoms with Crippen LogP contribution in [0.5, 0.6) is 0 Å². The van der Waals surface area contributed by atoms with Gasteiger partial charge in [0.25, 0.3) is 5.91 Å². The van der Waals surface area contributed by atoms with E-state index in [2.05, 4.69) is 34.7 Å². The molecule has 9 heteroatoms. The summed E-state index contributed by atoms with van der Waals surface area (Å²) in [6, 6.07) is 14.3. The molecule has 0 saturated heterocycles. The van der Waals surface area contributed by atoms with E-state index in [-0.39, 0.29) is 23.6 Å². The Morgan fingerprint density at radius 2 is 1.79 bits per heavy atom. The first-order chi connectivity index (χ1) is 16.3. The van der Waals surface area contributed by atoms with Crippen molar-refractivity contribution in [2.75, 3.05) is 11.1 Å². The molecule has 0 fully saturated rings. The van der Waals surface area contributed by atoms with Crippen LogP contribution in [0.25, 0.3) is 0 Å². The van der Waals surface area contributed by atoms with Gasteiger partial charge >= 0.3 is 0 Å². The number of carbonyl (C=O) groups is 2. The predicted molar refractivity (Wildman–Crippen MR) is 137 cm³/mol. The zero-order valence-corrected chi connectivity index (χ0v) is 21.4. The minimum atomic E-state index is -0.341. The van der Waals surface area contributed by atoms with Crippen LogP contribution in [0.15, 0.2) is 53.7 Å². The van der Waals surface area contributed by atoms with Crippen molar-refractivity contribution >= 4 is 40.9 Å². The average molecular weight is 500 g/mol. The summed E-state index contributed by atoms with van der Waals surface area (Å²) >= 11 is 7.54. The van der Waals surface area contributed by atoms with Gasteiger partial charge in [0.1, 0.15) is 0 Å². The van der Waals surface area contributed by atoms with E-state index in [1.165, 1.54) is 11.8 Å². The molecular formula is C25H30ClN5O2S. The Hall–Kier alpha value is -2.84. The smallest absolute Gasteiger partial charge is 0.253 e. The highest BCUT2D eigenvalue weighted by Gasteiger charge is 2.25. The number of nitrogens with zero attached hydrogens (tertiary/aromatic N) is 3. The Labute approximate surface area is 209 Å². The Morgan fingerprint density at radius 3 is 2.47 bits per heavy atom. The third kappa shape index (κ3) is 6.61. The van der Waals surface area contributed by atoms with E-state index in [4.69, 9.17) is 11.6 Å². The lowest BCUT2D eigenvalue weighted by Crippen LogP contribution is -2.31. The molecule has 0 unspecified atom stereocenters. The van der Waals surface area contributed by atoms with Gasteiger partial charge in [0.2, 0.25) is 5.91 Å². The highest BCUT2D eigenvalue weighted by Crippen LogP contribution is 2.26. The number of thioether (sulfide) groups is 1. The van der Waals surface area contributed by atoms with Crippen LogP contribution < -0.4 is 10.6 Å². The topological polar surface area (TPSA) is 88.9 Å². The van der Waals surface area contributed by atoms with Crippen LogP contribution in [0, 0.1) is 12.8 Å². The number of rotatable bonds is 10. The summed E-state index contributed by atoms with van der Waals surface area (Å²) in [5, 5.41) is 15.8. The first kappa shape index (κ1) is 25.8. The summed E-state index contributed by atoms with van der Waals surface area (Å²) in [7, 11) is 0. The molecule has 1 atom stereocenters. The van der Waals surface area contributed by atoms with E-state index in [1.54, 1.807) is 24.3 Å². The third-order valence-electron chi connectivity index (χ3n) is 5.26. The molecule has 0 radical (unpaired) electrons. The molecule has 7 nitrogen and oxygen atoms in total. The SMILES string of the molecule is CCn1c(SCC(=O)Nc2ccccc2C)nnc1[C@H](CC(C)C)NC(=O)c1ccccc1Cl. The molecule has 1 aromatic heterocycles. The number of hydrogen-bond acceptors (Lipinski definition) is 5. The molecule has 3 rings (SSSR count). The second kappa shape index (κ2) is 12.0. The molecule has 3 aromatic rings. The monoisotopic (exact) mass is 499 g/mol. The first-order valence-electron chi connectivity index (χ1n) is 11.3. The van der Waals surface area contributed by atoms with Crippen molar-refractivity contribution in [3.8, 4) is 0 Å². The fourth-order valence-corrected chi connectivity index (χ4v) is 4.60. The molecule has 34 heavy (non-hydrogen) atoms. The van der Waals surface area contributed by atoms with Crippen molar-refractivity contribution in [3.05, 3.63) is 70.5 Å². The molecule has 0 aliphatic rings. The van der Waals surface area contributed by atoms with Gasteiger partial charge in [-0.05, 0) is 49.9 Å². The number of hydrogen-bond donors (Lipinski definition) is 2. The van der Waals surface area contributed by atoms with Gasteiger partial charge in [-0.15, -0.1) is 10.2 Å². The van der Waals surface area contributed by atoms with Crippen molar-refractivity contribution in [3.63, 3.8) is 0 Å². The summed E-state index contributed by atoms with van der Waals surface area (Å²) in [6.07, 6.45) is 0.687. The van der Waals surface area contributed by atoms with Gasteiger partial charge < -0.3 is 15.2 Å². The lowest BCUT2D eigenvalue weighted by molar-refractivity contribution is -0.113. The average Bonchev–Trinajstić information content (AvgIpc) is 3.21. The Balaban J connectivity index is 1.74. The summed E-state index contributed by atoms with van der Waals surface area (Å²) in [4.78, 5) is 25.4. The van der Waals surface area contributed by atoms with Crippen LogP contribution in [-0.4, -0.2) is 32.3 Å². The van der Waals surface area contributed by atoms with Crippen molar-refractivity contribution in [1.82, 2.24) is 20.1 Å². The number of aromatic nitrogens is 3. The van der Waals surface area contributed by atoms with Crippen LogP contribution in [0.4, 0.5) is 5.69 Å². The Morgan fingerprint density at radius 1 is 1.09 bits per heavy atom. The molecular weight excluding hydrogens is 470 g/mol. The van der Waals surface area contributed by atoms with E-state index in [1.807, 2.05) is 42.7 Å². The van der Waals surface area contributed by atoms with E-state index in [0.717, 1.165) is 11.3 Å². The van der Waals surface area contributed by atoms with Crippen LogP contribution in [0.1, 0.15) is 55.0 Å². The summed E-state index contributed by atoms with van der Waals surface area (Å²) in [5.74, 6) is 0.812. The quantitative estimate of drug-likeness (QED) is 0.359. The van der Waals surface area contributed by atoms with Gasteiger partial charge in [-0.2, -0.15) is 0 Å². The Kier molecular flexibility index (Phi) is 9.12. The number of halogens is 1. The van der Waals surface area contributed by atoms with Crippen molar-refractivity contribution < 1.29 is 9.59 Å². The van der Waals surface area contributed by atoms with E-state index < -0.39 is 0 Å². The minimum absolute atomic E-state index is 0.114. The van der Waals surface area contributed by atoms with Crippen LogP contribution in [0.2, 0.25) is 5.02 Å². The van der Waals surface area contributed by atoms with Crippen molar-refractivity contribution in [1.29, 1.82) is 0 Å². The van der Waals surface area contributed by atoms with E-state index in [0.29, 0.717) is 40.5 Å². The fourth-order valence-electron chi connectivity index (χ4n) is 3.57. The standard InChI is InChI=1S/C25H30ClN5O2S/c1-5-31-23(21(14-16(2)3)28-24(33)18-11-7-8-12-19(18)26)29-30-25(31)34-15-22(32)27-20-13-9-6-10-17(20)4/h6-13,16,21H,5,14-15H2,1-4H3,(H,27,32)(H,28,33)/t21-/m0/s1. The molecule has 1 heterocycles. The van der Waals surface area contributed by atoms with Crippen molar-refractivity contribution in [2.24, 2.45) is 5.92 Å². The fraction of sp³-hybridized carbons (Fsp3) is 0.360. The maximum absolute atomic E-state index is 12.9. The second-order valence-corrected chi connectivity index (χ2v) is 9.72. The molecule has 0 aliphatic carbocycles. The molecule has 0 aliphatic heterocycles. The Bertz CT molecular complexity index is 1150. The molecule has 2 N–H and O–H groups in total. The zero-order valence-electron chi connectivity index (χ0n) is 19.8. The van der Waals surface area contributed by atoms with Crippen LogP contribution >= 0.6 is 23.4 Å². The summed E-state index contributed by atoms with van der Waals surface area (Å²) < 4.78 is 1.95. The van der Waals surface area contributed by atoms with E-state index >= 15 is 0 Å². The van der Waals surface area contributed by atoms with Crippen LogP contribution in [-0.2, 0) is 11.3 Å². The number of para-hydroxylation sites is 1. The number of anilines is 1. The minimum Gasteiger partial charge on any atom is -0.342 e. The lowest BCUT2D eigenvalue weighted by Gasteiger charge is -2.21. The number of carbonyl (C=O) groups excluding carboxylic acids is 2. The van der Waals surface area contributed by atoms with Gasteiger partial charge in [-0.3, -0.25) is 9.59 Å². The van der Waals surface area contributed by atoms with Gasteiger partial charge in [-0.25, -0.2) is 0 Å². The molecule has 0 bridgehead atoms. The summed E-state index contributed by atoms with van der Waals surface area (Å²) in [5.41, 5.74) is 2.22. The zero-order chi connectivity index (χ0) is 24.7. The van der Waals surface area contributed by atoms with Crippen LogP contribution in [0.3, 0.4) is 0 Å².